The highest BCUT2D eigenvalue weighted by Gasteiger charge is 2.49. The van der Waals surface area contributed by atoms with Crippen molar-refractivity contribution in [2.45, 2.75) is 76.2 Å². The highest BCUT2D eigenvalue weighted by atomic mass is 19.1. The van der Waals surface area contributed by atoms with Crippen molar-refractivity contribution in [2.24, 2.45) is 0 Å². The Morgan fingerprint density at radius 1 is 1.16 bits per heavy atom. The molecule has 11 heteroatoms. The maximum Gasteiger partial charge on any atom is 0.318 e. The Hall–Kier alpha value is -3.57. The summed E-state index contributed by atoms with van der Waals surface area (Å²) in [7, 11) is 0. The molecule has 228 valence electrons. The normalized spacial score (nSPS) is 27.3. The third-order valence-electron chi connectivity index (χ3n) is 9.69. The fraction of sp³-hybridized carbons (Fsp3) is 0.531. The number of alkyl halides is 1. The molecule has 0 saturated carbocycles. The molecule has 43 heavy (non-hydrogen) atoms. The van der Waals surface area contributed by atoms with Gasteiger partial charge in [-0.25, -0.2) is 8.78 Å². The Kier molecular flexibility index (Phi) is 6.73. The first-order valence-electron chi connectivity index (χ1n) is 15.2. The van der Waals surface area contributed by atoms with E-state index in [1.807, 2.05) is 11.8 Å². The van der Waals surface area contributed by atoms with Gasteiger partial charge in [0.1, 0.15) is 35.7 Å². The third-order valence-corrected chi connectivity index (χ3v) is 9.69. The van der Waals surface area contributed by atoms with Crippen molar-refractivity contribution in [3.8, 4) is 11.8 Å². The van der Waals surface area contributed by atoms with Gasteiger partial charge in [-0.15, -0.1) is 0 Å². The number of hydrogen-bond donors (Lipinski definition) is 2. The topological polar surface area (TPSA) is 102 Å². The summed E-state index contributed by atoms with van der Waals surface area (Å²) in [5, 5.41) is 22.7. The number of phenolic OH excluding ortho intramolecular Hbond substituents is 1. The Morgan fingerprint density at radius 3 is 2.77 bits per heavy atom. The first kappa shape index (κ1) is 28.2. The van der Waals surface area contributed by atoms with E-state index in [0.717, 1.165) is 19.4 Å². The lowest BCUT2D eigenvalue weighted by Gasteiger charge is -2.38. The average Bonchev–Trinajstić information content (AvgIpc) is 3.60. The molecular weight excluding hydrogens is 556 g/mol. The molecule has 4 aliphatic heterocycles. The molecule has 0 spiro atoms. The number of nitrogens with zero attached hydrogens (tertiary/aromatic N) is 5. The number of ether oxygens (including phenoxy) is 1. The summed E-state index contributed by atoms with van der Waals surface area (Å²) in [6, 6.07) is 6.14. The van der Waals surface area contributed by atoms with E-state index >= 15 is 0 Å². The molecule has 1 aromatic heterocycles. The molecular formula is C32H37F2N5O4. The molecule has 4 aliphatic rings. The zero-order chi connectivity index (χ0) is 30.1. The lowest BCUT2D eigenvalue weighted by atomic mass is 9.95. The SMILES string of the molecule is CCc1c(F)ccc2cc(O)cc(N3Cc4nc(OCC56CCCN5CC(F)C6)nc(N5CCCC(C)(O)C5)c4C3=O)c12. The molecule has 3 atom stereocenters. The Morgan fingerprint density at radius 2 is 1.98 bits per heavy atom. The molecule has 7 rings (SSSR count). The number of carbonyl (C=O) groups excluding carboxylic acids is 1. The minimum absolute atomic E-state index is 0.0366. The van der Waals surface area contributed by atoms with Gasteiger partial charge in [0, 0.05) is 37.5 Å². The third kappa shape index (κ3) is 4.77. The van der Waals surface area contributed by atoms with E-state index in [1.165, 1.54) is 17.0 Å². The quantitative estimate of drug-likeness (QED) is 0.431. The summed E-state index contributed by atoms with van der Waals surface area (Å²) in [6.07, 6.45) is 3.09. The van der Waals surface area contributed by atoms with E-state index in [4.69, 9.17) is 14.7 Å². The van der Waals surface area contributed by atoms with Gasteiger partial charge in [0.15, 0.2) is 0 Å². The maximum atomic E-state index is 14.9. The van der Waals surface area contributed by atoms with Crippen LogP contribution in [0, 0.1) is 5.82 Å². The maximum absolute atomic E-state index is 14.9. The predicted molar refractivity (Wildman–Crippen MR) is 158 cm³/mol. The predicted octanol–water partition coefficient (Wildman–Crippen LogP) is 4.50. The van der Waals surface area contributed by atoms with Crippen LogP contribution in [0.5, 0.6) is 11.8 Å². The molecule has 3 fully saturated rings. The number of aryl methyl sites for hydroxylation is 1. The van der Waals surface area contributed by atoms with Crippen molar-refractivity contribution < 1.29 is 28.5 Å². The number of rotatable bonds is 6. The first-order valence-corrected chi connectivity index (χ1v) is 15.2. The highest BCUT2D eigenvalue weighted by Crippen LogP contribution is 2.43. The number of β-amino-alcohol motifs (C(OH)–C–C–N with tert-alkyl or cyclic N) is 1. The number of hydrogen-bond acceptors (Lipinski definition) is 8. The molecule has 0 radical (unpaired) electrons. The molecule has 3 aromatic rings. The lowest BCUT2D eigenvalue weighted by molar-refractivity contribution is 0.0445. The van der Waals surface area contributed by atoms with Gasteiger partial charge in [0.2, 0.25) is 0 Å². The first-order chi connectivity index (χ1) is 20.6. The number of carbonyl (C=O) groups is 1. The number of aromatic nitrogens is 2. The van der Waals surface area contributed by atoms with Gasteiger partial charge in [0.25, 0.3) is 5.91 Å². The van der Waals surface area contributed by atoms with Crippen LogP contribution in [0.3, 0.4) is 0 Å². The van der Waals surface area contributed by atoms with Crippen molar-refractivity contribution >= 4 is 28.2 Å². The van der Waals surface area contributed by atoms with Crippen molar-refractivity contribution in [1.29, 1.82) is 0 Å². The van der Waals surface area contributed by atoms with E-state index in [1.54, 1.807) is 19.1 Å². The van der Waals surface area contributed by atoms with Crippen LogP contribution in [0.4, 0.5) is 20.3 Å². The molecule has 1 amide bonds. The largest absolute Gasteiger partial charge is 0.508 e. The molecule has 2 aromatic carbocycles. The fourth-order valence-electron chi connectivity index (χ4n) is 7.73. The van der Waals surface area contributed by atoms with Crippen LogP contribution in [-0.2, 0) is 13.0 Å². The van der Waals surface area contributed by atoms with Crippen LogP contribution in [0.25, 0.3) is 10.8 Å². The van der Waals surface area contributed by atoms with E-state index in [-0.39, 0.29) is 48.7 Å². The monoisotopic (exact) mass is 593 g/mol. The molecule has 0 aliphatic carbocycles. The number of anilines is 2. The van der Waals surface area contributed by atoms with Crippen LogP contribution in [0.1, 0.15) is 67.6 Å². The van der Waals surface area contributed by atoms with Crippen molar-refractivity contribution in [2.75, 3.05) is 42.6 Å². The van der Waals surface area contributed by atoms with Crippen LogP contribution in [-0.4, -0.2) is 81.1 Å². The van der Waals surface area contributed by atoms with Gasteiger partial charge in [0.05, 0.1) is 29.1 Å². The molecule has 0 bridgehead atoms. The summed E-state index contributed by atoms with van der Waals surface area (Å²) in [6.45, 7) is 6.06. The van der Waals surface area contributed by atoms with Gasteiger partial charge in [-0.3, -0.25) is 9.69 Å². The number of aliphatic hydroxyl groups is 1. The van der Waals surface area contributed by atoms with Crippen molar-refractivity contribution in [1.82, 2.24) is 14.9 Å². The zero-order valence-corrected chi connectivity index (χ0v) is 24.6. The number of amides is 1. The van der Waals surface area contributed by atoms with Gasteiger partial charge in [-0.1, -0.05) is 13.0 Å². The second-order valence-corrected chi connectivity index (χ2v) is 12.9. The Labute approximate surface area is 249 Å². The molecule has 9 nitrogen and oxygen atoms in total. The lowest BCUT2D eigenvalue weighted by Crippen LogP contribution is -2.47. The Balaban J connectivity index is 1.30. The van der Waals surface area contributed by atoms with Crippen LogP contribution in [0.2, 0.25) is 0 Å². The van der Waals surface area contributed by atoms with E-state index in [2.05, 4.69) is 4.90 Å². The molecule has 5 heterocycles. The number of benzene rings is 2. The van der Waals surface area contributed by atoms with Crippen molar-refractivity contribution in [3.63, 3.8) is 0 Å². The minimum atomic E-state index is -0.962. The van der Waals surface area contributed by atoms with Gasteiger partial charge < -0.3 is 24.7 Å². The molecule has 3 unspecified atom stereocenters. The van der Waals surface area contributed by atoms with E-state index in [0.29, 0.717) is 77.9 Å². The van der Waals surface area contributed by atoms with Crippen molar-refractivity contribution in [3.05, 3.63) is 46.9 Å². The van der Waals surface area contributed by atoms with E-state index < -0.39 is 11.8 Å². The van der Waals surface area contributed by atoms with Gasteiger partial charge in [-0.2, -0.15) is 9.97 Å². The highest BCUT2D eigenvalue weighted by molar-refractivity contribution is 6.16. The van der Waals surface area contributed by atoms with Gasteiger partial charge >= 0.3 is 6.01 Å². The fourth-order valence-corrected chi connectivity index (χ4v) is 7.73. The van der Waals surface area contributed by atoms with Crippen LogP contribution in [0.15, 0.2) is 24.3 Å². The Bertz CT molecular complexity index is 1620. The standard InChI is InChI=1S/C32H37F2N5O4/c1-3-22-23(34)7-6-19-12-21(40)13-25(26(19)22)39-16-24-27(29(39)41)28(37-10-4-8-31(2,42)17-37)36-30(35-24)43-18-32-9-5-11-38(32)15-20(33)14-32/h6-7,12-13,20,40,42H,3-5,8-11,14-18H2,1-2H3. The van der Waals surface area contributed by atoms with E-state index in [9.17, 15) is 23.8 Å². The number of piperidine rings is 1. The number of halogens is 2. The summed E-state index contributed by atoms with van der Waals surface area (Å²) in [4.78, 5) is 29.2. The minimum Gasteiger partial charge on any atom is -0.508 e. The summed E-state index contributed by atoms with van der Waals surface area (Å²) in [5.41, 5.74) is 0.268. The van der Waals surface area contributed by atoms with Crippen LogP contribution >= 0.6 is 0 Å². The molecule has 2 N–H and O–H groups in total. The summed E-state index contributed by atoms with van der Waals surface area (Å²) < 4.78 is 35.6. The number of phenols is 1. The summed E-state index contributed by atoms with van der Waals surface area (Å²) >= 11 is 0. The summed E-state index contributed by atoms with van der Waals surface area (Å²) in [5.74, 6) is -0.392. The second-order valence-electron chi connectivity index (χ2n) is 12.9. The average molecular weight is 594 g/mol. The second kappa shape index (κ2) is 10.3. The van der Waals surface area contributed by atoms with Crippen LogP contribution < -0.4 is 14.5 Å². The van der Waals surface area contributed by atoms with Gasteiger partial charge in [-0.05, 0) is 68.7 Å². The molecule has 3 saturated heterocycles. The zero-order valence-electron chi connectivity index (χ0n) is 24.6. The number of aromatic hydroxyl groups is 1. The number of fused-ring (bicyclic) bond motifs is 3. The smallest absolute Gasteiger partial charge is 0.318 e.